The smallest absolute Gasteiger partial charge is 0.0899 e. The van der Waals surface area contributed by atoms with E-state index in [0.29, 0.717) is 13.2 Å². The lowest BCUT2D eigenvalue weighted by Gasteiger charge is -2.19. The lowest BCUT2D eigenvalue weighted by Crippen LogP contribution is -2.33. The van der Waals surface area contributed by atoms with Crippen molar-refractivity contribution in [2.24, 2.45) is 0 Å². The molecule has 3 nitrogen and oxygen atoms in total. The van der Waals surface area contributed by atoms with Crippen LogP contribution in [0, 0.1) is 0 Å². The monoisotopic (exact) mass is 229 g/mol. The second kappa shape index (κ2) is 6.95. The summed E-state index contributed by atoms with van der Waals surface area (Å²) in [5, 5.41) is 11.6. The number of rotatable bonds is 7. The van der Waals surface area contributed by atoms with E-state index in [-0.39, 0.29) is 6.10 Å². The van der Waals surface area contributed by atoms with Gasteiger partial charge >= 0.3 is 0 Å². The summed E-state index contributed by atoms with van der Waals surface area (Å²) < 4.78 is 4.88. The summed E-state index contributed by atoms with van der Waals surface area (Å²) >= 11 is 1.78. The summed E-state index contributed by atoms with van der Waals surface area (Å²) in [5.74, 6) is 0. The molecule has 86 valence electrons. The first-order valence-corrected chi connectivity index (χ1v) is 5.98. The fraction of sp³-hybridized carbons (Fsp3) is 0.636. The first-order chi connectivity index (χ1) is 7.22. The molecule has 1 aromatic heterocycles. The third-order valence-electron chi connectivity index (χ3n) is 2.20. The van der Waals surface area contributed by atoms with Crippen molar-refractivity contribution in [3.05, 3.63) is 22.4 Å². The van der Waals surface area contributed by atoms with Crippen molar-refractivity contribution in [1.29, 1.82) is 0 Å². The lowest BCUT2D eigenvalue weighted by molar-refractivity contribution is 0.0435. The second-order valence-electron chi connectivity index (χ2n) is 3.70. The Kier molecular flexibility index (Phi) is 5.86. The number of methoxy groups -OCH3 is 1. The molecule has 1 N–H and O–H groups in total. The minimum atomic E-state index is -0.386. The van der Waals surface area contributed by atoms with Crippen molar-refractivity contribution in [2.45, 2.75) is 12.5 Å². The average molecular weight is 229 g/mol. The van der Waals surface area contributed by atoms with Crippen LogP contribution in [0.3, 0.4) is 0 Å². The summed E-state index contributed by atoms with van der Waals surface area (Å²) in [4.78, 5) is 3.52. The molecule has 0 saturated heterocycles. The van der Waals surface area contributed by atoms with Crippen LogP contribution in [0.25, 0.3) is 0 Å². The van der Waals surface area contributed by atoms with Crippen LogP contribution in [-0.4, -0.2) is 50.0 Å². The Bertz CT molecular complexity index is 251. The van der Waals surface area contributed by atoms with Gasteiger partial charge in [0.05, 0.1) is 12.7 Å². The van der Waals surface area contributed by atoms with Gasteiger partial charge in [-0.1, -0.05) is 6.07 Å². The van der Waals surface area contributed by atoms with E-state index >= 15 is 0 Å². The molecule has 0 aliphatic heterocycles. The van der Waals surface area contributed by atoms with E-state index in [2.05, 4.69) is 22.4 Å². The van der Waals surface area contributed by atoms with Crippen molar-refractivity contribution in [1.82, 2.24) is 4.90 Å². The summed E-state index contributed by atoms with van der Waals surface area (Å²) in [7, 11) is 3.63. The Morgan fingerprint density at radius 2 is 2.40 bits per heavy atom. The van der Waals surface area contributed by atoms with Gasteiger partial charge in [0, 0.05) is 25.1 Å². The Labute approximate surface area is 95.3 Å². The molecule has 0 saturated carbocycles. The third-order valence-corrected chi connectivity index (χ3v) is 3.14. The van der Waals surface area contributed by atoms with E-state index < -0.39 is 0 Å². The normalized spacial score (nSPS) is 13.3. The van der Waals surface area contributed by atoms with Crippen molar-refractivity contribution in [3.63, 3.8) is 0 Å². The largest absolute Gasteiger partial charge is 0.389 e. The molecule has 15 heavy (non-hydrogen) atoms. The SMILES string of the molecule is COCC(O)CN(C)CCc1cccs1. The molecular formula is C11H19NO2S. The van der Waals surface area contributed by atoms with E-state index in [4.69, 9.17) is 4.74 Å². The van der Waals surface area contributed by atoms with Crippen molar-refractivity contribution >= 4 is 11.3 Å². The molecule has 0 fully saturated rings. The highest BCUT2D eigenvalue weighted by Gasteiger charge is 2.07. The highest BCUT2D eigenvalue weighted by atomic mass is 32.1. The zero-order valence-corrected chi connectivity index (χ0v) is 10.2. The van der Waals surface area contributed by atoms with Gasteiger partial charge in [0.25, 0.3) is 0 Å². The van der Waals surface area contributed by atoms with Crippen LogP contribution < -0.4 is 0 Å². The summed E-state index contributed by atoms with van der Waals surface area (Å²) in [6.07, 6.45) is 0.664. The summed E-state index contributed by atoms with van der Waals surface area (Å²) in [6, 6.07) is 4.21. The fourth-order valence-electron chi connectivity index (χ4n) is 1.45. The molecule has 1 rings (SSSR count). The van der Waals surface area contributed by atoms with Crippen LogP contribution >= 0.6 is 11.3 Å². The average Bonchev–Trinajstić information content (AvgIpc) is 2.67. The number of likely N-dealkylation sites (N-methyl/N-ethyl adjacent to an activating group) is 1. The molecule has 0 bridgehead atoms. The molecule has 1 aromatic rings. The van der Waals surface area contributed by atoms with Gasteiger partial charge < -0.3 is 14.7 Å². The predicted molar refractivity (Wildman–Crippen MR) is 63.4 cm³/mol. The molecule has 1 unspecified atom stereocenters. The third kappa shape index (κ3) is 5.28. The topological polar surface area (TPSA) is 32.7 Å². The van der Waals surface area contributed by atoms with Crippen LogP contribution in [0.2, 0.25) is 0 Å². The quantitative estimate of drug-likeness (QED) is 0.763. The standard InChI is InChI=1S/C11H19NO2S/c1-12(8-10(13)9-14-2)6-5-11-4-3-7-15-11/h3-4,7,10,13H,5-6,8-9H2,1-2H3. The van der Waals surface area contributed by atoms with Gasteiger partial charge in [-0.15, -0.1) is 11.3 Å². The molecule has 0 spiro atoms. The number of nitrogens with zero attached hydrogens (tertiary/aromatic N) is 1. The molecule has 0 amide bonds. The Balaban J connectivity index is 2.15. The molecule has 0 aromatic carbocycles. The van der Waals surface area contributed by atoms with Gasteiger partial charge in [-0.3, -0.25) is 0 Å². The molecular weight excluding hydrogens is 210 g/mol. The first-order valence-electron chi connectivity index (χ1n) is 5.10. The number of hydrogen-bond acceptors (Lipinski definition) is 4. The van der Waals surface area contributed by atoms with Crippen LogP contribution in [0.5, 0.6) is 0 Å². The zero-order chi connectivity index (χ0) is 11.1. The van der Waals surface area contributed by atoms with Gasteiger partial charge in [0.2, 0.25) is 0 Å². The number of thiophene rings is 1. The minimum Gasteiger partial charge on any atom is -0.389 e. The van der Waals surface area contributed by atoms with E-state index in [1.54, 1.807) is 18.4 Å². The van der Waals surface area contributed by atoms with Gasteiger partial charge in [0.1, 0.15) is 0 Å². The molecule has 0 aliphatic carbocycles. The molecule has 1 heterocycles. The number of aliphatic hydroxyl groups excluding tert-OH is 1. The van der Waals surface area contributed by atoms with E-state index in [1.165, 1.54) is 4.88 Å². The number of ether oxygens (including phenoxy) is 1. The maximum absolute atomic E-state index is 9.51. The Hall–Kier alpha value is -0.420. The molecule has 1 atom stereocenters. The van der Waals surface area contributed by atoms with Crippen molar-refractivity contribution in [3.8, 4) is 0 Å². The highest BCUT2D eigenvalue weighted by molar-refractivity contribution is 7.09. The Morgan fingerprint density at radius 3 is 3.00 bits per heavy atom. The van der Waals surface area contributed by atoms with Crippen LogP contribution in [0.4, 0.5) is 0 Å². The maximum atomic E-state index is 9.51. The molecule has 0 aliphatic rings. The van der Waals surface area contributed by atoms with Gasteiger partial charge in [0.15, 0.2) is 0 Å². The molecule has 4 heteroatoms. The molecule has 0 radical (unpaired) electrons. The van der Waals surface area contributed by atoms with Crippen LogP contribution in [-0.2, 0) is 11.2 Å². The summed E-state index contributed by atoms with van der Waals surface area (Å²) in [6.45, 7) is 2.05. The maximum Gasteiger partial charge on any atom is 0.0899 e. The van der Waals surface area contributed by atoms with Gasteiger partial charge in [-0.2, -0.15) is 0 Å². The Morgan fingerprint density at radius 1 is 1.60 bits per heavy atom. The van der Waals surface area contributed by atoms with Gasteiger partial charge in [-0.25, -0.2) is 0 Å². The van der Waals surface area contributed by atoms with E-state index in [9.17, 15) is 5.11 Å². The second-order valence-corrected chi connectivity index (χ2v) is 4.73. The zero-order valence-electron chi connectivity index (χ0n) is 9.35. The van der Waals surface area contributed by atoms with Crippen molar-refractivity contribution in [2.75, 3.05) is 33.9 Å². The number of hydrogen-bond donors (Lipinski definition) is 1. The number of aliphatic hydroxyl groups is 1. The van der Waals surface area contributed by atoms with Crippen LogP contribution in [0.1, 0.15) is 4.88 Å². The summed E-state index contributed by atoms with van der Waals surface area (Å²) in [5.41, 5.74) is 0. The van der Waals surface area contributed by atoms with E-state index in [1.807, 2.05) is 7.05 Å². The van der Waals surface area contributed by atoms with Crippen LogP contribution in [0.15, 0.2) is 17.5 Å². The van der Waals surface area contributed by atoms with E-state index in [0.717, 1.165) is 13.0 Å². The fourth-order valence-corrected chi connectivity index (χ4v) is 2.15. The lowest BCUT2D eigenvalue weighted by atomic mass is 10.3. The van der Waals surface area contributed by atoms with Gasteiger partial charge in [-0.05, 0) is 24.9 Å². The highest BCUT2D eigenvalue weighted by Crippen LogP contribution is 2.09. The van der Waals surface area contributed by atoms with Crippen molar-refractivity contribution < 1.29 is 9.84 Å². The minimum absolute atomic E-state index is 0.386. The predicted octanol–water partition coefficient (Wildman–Crippen LogP) is 1.23. The first kappa shape index (κ1) is 12.6.